The van der Waals surface area contributed by atoms with Crippen LogP contribution in [0.5, 0.6) is 0 Å². The first kappa shape index (κ1) is 16.1. The van der Waals surface area contributed by atoms with E-state index in [9.17, 15) is 0 Å². The molecule has 0 heterocycles. The minimum absolute atomic E-state index is 0.171. The molecule has 0 amide bonds. The number of halogens is 2. The van der Waals surface area contributed by atoms with Crippen molar-refractivity contribution in [3.63, 3.8) is 0 Å². The topological polar surface area (TPSA) is 30.5 Å². The molecule has 0 aliphatic heterocycles. The Morgan fingerprint density at radius 3 is 2.11 bits per heavy atom. The van der Waals surface area contributed by atoms with Crippen molar-refractivity contribution >= 4 is 31.9 Å². The number of benzene rings is 1. The molecule has 0 atom stereocenters. The summed E-state index contributed by atoms with van der Waals surface area (Å²) in [5.74, 6) is 0. The maximum atomic E-state index is 5.46. The fraction of sp³-hybridized carbons (Fsp3) is 0.538. The van der Waals surface area contributed by atoms with Crippen molar-refractivity contribution in [2.75, 3.05) is 19.8 Å². The molecule has 0 aliphatic carbocycles. The van der Waals surface area contributed by atoms with Crippen LogP contribution in [0.3, 0.4) is 0 Å². The zero-order valence-electron chi connectivity index (χ0n) is 10.7. The maximum absolute atomic E-state index is 5.46. The second kappa shape index (κ2) is 9.04. The van der Waals surface area contributed by atoms with Gasteiger partial charge in [0.1, 0.15) is 0 Å². The molecule has 1 N–H and O–H groups in total. The number of rotatable bonds is 8. The number of hydrogen-bond acceptors (Lipinski definition) is 3. The largest absolute Gasteiger partial charge is 0.352 e. The van der Waals surface area contributed by atoms with E-state index in [-0.39, 0.29) is 6.29 Å². The van der Waals surface area contributed by atoms with E-state index in [0.717, 1.165) is 15.5 Å². The van der Waals surface area contributed by atoms with Gasteiger partial charge < -0.3 is 14.8 Å². The lowest BCUT2D eigenvalue weighted by Crippen LogP contribution is -2.31. The molecule has 0 bridgehead atoms. The molecule has 3 nitrogen and oxygen atoms in total. The summed E-state index contributed by atoms with van der Waals surface area (Å²) >= 11 is 6.95. The van der Waals surface area contributed by atoms with Crippen molar-refractivity contribution in [2.24, 2.45) is 0 Å². The Bertz CT molecular complexity index is 335. The Kier molecular flexibility index (Phi) is 8.10. The first-order chi connectivity index (χ1) is 8.65. The summed E-state index contributed by atoms with van der Waals surface area (Å²) in [6, 6.07) is 6.20. The van der Waals surface area contributed by atoms with Crippen LogP contribution >= 0.6 is 31.9 Å². The standard InChI is InChI=1S/C13H19Br2NO2/c1-3-17-13(18-4-2)9-16-8-10-5-11(14)7-12(15)6-10/h5-7,13,16H,3-4,8-9H2,1-2H3. The van der Waals surface area contributed by atoms with Gasteiger partial charge in [-0.05, 0) is 37.6 Å². The van der Waals surface area contributed by atoms with Gasteiger partial charge in [-0.1, -0.05) is 31.9 Å². The summed E-state index contributed by atoms with van der Waals surface area (Å²) in [6.45, 7) is 6.74. The lowest BCUT2D eigenvalue weighted by molar-refractivity contribution is -0.133. The second-order valence-corrected chi connectivity index (χ2v) is 5.58. The molecule has 18 heavy (non-hydrogen) atoms. The highest BCUT2D eigenvalue weighted by Crippen LogP contribution is 2.19. The fourth-order valence-corrected chi connectivity index (χ4v) is 2.97. The Morgan fingerprint density at radius 2 is 1.61 bits per heavy atom. The van der Waals surface area contributed by atoms with Crippen LogP contribution in [-0.4, -0.2) is 26.0 Å². The van der Waals surface area contributed by atoms with E-state index in [1.54, 1.807) is 0 Å². The van der Waals surface area contributed by atoms with Gasteiger partial charge in [-0.25, -0.2) is 0 Å². The van der Waals surface area contributed by atoms with Gasteiger partial charge in [0.25, 0.3) is 0 Å². The van der Waals surface area contributed by atoms with Crippen molar-refractivity contribution in [2.45, 2.75) is 26.7 Å². The molecule has 1 aromatic rings. The predicted octanol–water partition coefficient (Wildman–Crippen LogP) is 3.70. The smallest absolute Gasteiger partial charge is 0.169 e. The van der Waals surface area contributed by atoms with Gasteiger partial charge in [0, 0.05) is 35.2 Å². The summed E-state index contributed by atoms with van der Waals surface area (Å²) in [4.78, 5) is 0. The molecule has 0 saturated heterocycles. The third-order valence-corrected chi connectivity index (χ3v) is 3.18. The average Bonchev–Trinajstić information content (AvgIpc) is 2.28. The lowest BCUT2D eigenvalue weighted by atomic mass is 10.2. The Hall–Kier alpha value is 0.0600. The normalized spacial score (nSPS) is 11.2. The van der Waals surface area contributed by atoms with Crippen LogP contribution in [0.25, 0.3) is 0 Å². The maximum Gasteiger partial charge on any atom is 0.169 e. The Balaban J connectivity index is 2.39. The molecule has 0 aromatic heterocycles. The highest BCUT2D eigenvalue weighted by Gasteiger charge is 2.07. The molecule has 1 aromatic carbocycles. The van der Waals surface area contributed by atoms with Crippen molar-refractivity contribution in [3.8, 4) is 0 Å². The van der Waals surface area contributed by atoms with Gasteiger partial charge in [-0.3, -0.25) is 0 Å². The van der Waals surface area contributed by atoms with Crippen LogP contribution in [0.4, 0.5) is 0 Å². The number of ether oxygens (including phenoxy) is 2. The Labute approximate surface area is 125 Å². The third-order valence-electron chi connectivity index (χ3n) is 2.27. The first-order valence-corrected chi connectivity index (χ1v) is 7.63. The molecule has 5 heteroatoms. The molecule has 0 unspecified atom stereocenters. The summed E-state index contributed by atoms with van der Waals surface area (Å²) in [6.07, 6.45) is -0.171. The average molecular weight is 381 g/mol. The zero-order valence-corrected chi connectivity index (χ0v) is 13.9. The van der Waals surface area contributed by atoms with Crippen molar-refractivity contribution in [3.05, 3.63) is 32.7 Å². The quantitative estimate of drug-likeness (QED) is 0.697. The van der Waals surface area contributed by atoms with E-state index < -0.39 is 0 Å². The molecule has 0 saturated carbocycles. The van der Waals surface area contributed by atoms with Crippen LogP contribution in [0, 0.1) is 0 Å². The molecule has 0 radical (unpaired) electrons. The minimum Gasteiger partial charge on any atom is -0.352 e. The van der Waals surface area contributed by atoms with E-state index >= 15 is 0 Å². The lowest BCUT2D eigenvalue weighted by Gasteiger charge is -2.17. The molecule has 0 aliphatic rings. The van der Waals surface area contributed by atoms with Gasteiger partial charge in [-0.15, -0.1) is 0 Å². The SMILES string of the molecule is CCOC(CNCc1cc(Br)cc(Br)c1)OCC. The van der Waals surface area contributed by atoms with E-state index in [2.05, 4.69) is 49.3 Å². The van der Waals surface area contributed by atoms with Crippen molar-refractivity contribution in [1.82, 2.24) is 5.32 Å². The third kappa shape index (κ3) is 6.29. The van der Waals surface area contributed by atoms with Crippen molar-refractivity contribution in [1.29, 1.82) is 0 Å². The zero-order chi connectivity index (χ0) is 13.4. The second-order valence-electron chi connectivity index (χ2n) is 3.75. The van der Waals surface area contributed by atoms with Crippen LogP contribution < -0.4 is 5.32 Å². The fourth-order valence-electron chi connectivity index (χ4n) is 1.59. The first-order valence-electron chi connectivity index (χ1n) is 6.04. The summed E-state index contributed by atoms with van der Waals surface area (Å²) < 4.78 is 13.1. The summed E-state index contributed by atoms with van der Waals surface area (Å²) in [5.41, 5.74) is 1.21. The van der Waals surface area contributed by atoms with E-state index in [4.69, 9.17) is 9.47 Å². The molecule has 0 spiro atoms. The number of hydrogen-bond donors (Lipinski definition) is 1. The van der Waals surface area contributed by atoms with Crippen LogP contribution in [-0.2, 0) is 16.0 Å². The van der Waals surface area contributed by atoms with Crippen molar-refractivity contribution < 1.29 is 9.47 Å². The summed E-state index contributed by atoms with van der Waals surface area (Å²) in [7, 11) is 0. The van der Waals surface area contributed by atoms with Crippen LogP contribution in [0.15, 0.2) is 27.1 Å². The van der Waals surface area contributed by atoms with E-state index in [1.165, 1.54) is 5.56 Å². The highest BCUT2D eigenvalue weighted by molar-refractivity contribution is 9.11. The molecule has 102 valence electrons. The van der Waals surface area contributed by atoms with Crippen LogP contribution in [0.1, 0.15) is 19.4 Å². The minimum atomic E-state index is -0.171. The monoisotopic (exact) mass is 379 g/mol. The van der Waals surface area contributed by atoms with Gasteiger partial charge >= 0.3 is 0 Å². The molecular formula is C13H19Br2NO2. The highest BCUT2D eigenvalue weighted by atomic mass is 79.9. The number of nitrogens with one attached hydrogen (secondary N) is 1. The van der Waals surface area contributed by atoms with Crippen LogP contribution in [0.2, 0.25) is 0 Å². The Morgan fingerprint density at radius 1 is 1.06 bits per heavy atom. The predicted molar refractivity (Wildman–Crippen MR) is 80.6 cm³/mol. The molecule has 0 fully saturated rings. The summed E-state index contributed by atoms with van der Waals surface area (Å²) in [5, 5.41) is 3.33. The van der Waals surface area contributed by atoms with Gasteiger partial charge in [0.2, 0.25) is 0 Å². The van der Waals surface area contributed by atoms with E-state index in [1.807, 2.05) is 19.9 Å². The van der Waals surface area contributed by atoms with Gasteiger partial charge in [0.05, 0.1) is 0 Å². The molecular weight excluding hydrogens is 362 g/mol. The van der Waals surface area contributed by atoms with Gasteiger partial charge in [0.15, 0.2) is 6.29 Å². The van der Waals surface area contributed by atoms with Gasteiger partial charge in [-0.2, -0.15) is 0 Å². The molecule has 1 rings (SSSR count). The van der Waals surface area contributed by atoms with E-state index in [0.29, 0.717) is 19.8 Å².